The van der Waals surface area contributed by atoms with Crippen molar-refractivity contribution < 1.29 is 17.9 Å². The van der Waals surface area contributed by atoms with E-state index in [1.54, 1.807) is 0 Å². The fourth-order valence-corrected chi connectivity index (χ4v) is 1.59. The van der Waals surface area contributed by atoms with Crippen LogP contribution < -0.4 is 10.5 Å². The van der Waals surface area contributed by atoms with Crippen molar-refractivity contribution in [3.8, 4) is 17.6 Å². The molecule has 0 unspecified atom stereocenters. The van der Waals surface area contributed by atoms with E-state index in [1.165, 1.54) is 30.3 Å². The summed E-state index contributed by atoms with van der Waals surface area (Å²) < 4.78 is 43.1. The number of nitrogens with two attached hydrogens (primary N) is 1. The van der Waals surface area contributed by atoms with Crippen molar-refractivity contribution in [2.75, 3.05) is 5.73 Å². The minimum absolute atomic E-state index is 0.00102. The van der Waals surface area contributed by atoms with Gasteiger partial charge in [-0.1, -0.05) is 6.07 Å². The van der Waals surface area contributed by atoms with Crippen LogP contribution >= 0.6 is 0 Å². The van der Waals surface area contributed by atoms with Crippen LogP contribution in [0.25, 0.3) is 0 Å². The molecule has 0 aromatic heterocycles. The van der Waals surface area contributed by atoms with Gasteiger partial charge in [-0.2, -0.15) is 18.4 Å². The van der Waals surface area contributed by atoms with Crippen molar-refractivity contribution in [2.45, 2.75) is 6.18 Å². The van der Waals surface area contributed by atoms with Crippen LogP contribution in [0.2, 0.25) is 0 Å². The standard InChI is InChI=1S/C14H9F3N2O/c15-14(16,17)10-2-1-3-12(7-10)20-13-5-4-11(19)6-9(13)8-18/h1-7H,19H2. The third kappa shape index (κ3) is 3.01. The predicted octanol–water partition coefficient (Wildman–Crippen LogP) is 3.95. The van der Waals surface area contributed by atoms with E-state index in [-0.39, 0.29) is 17.1 Å². The molecule has 2 rings (SSSR count). The van der Waals surface area contributed by atoms with Crippen LogP contribution in [-0.4, -0.2) is 0 Å². The summed E-state index contributed by atoms with van der Waals surface area (Å²) >= 11 is 0. The summed E-state index contributed by atoms with van der Waals surface area (Å²) in [7, 11) is 0. The molecule has 0 amide bonds. The average molecular weight is 278 g/mol. The molecule has 0 bridgehead atoms. The van der Waals surface area contributed by atoms with Crippen LogP contribution in [0.1, 0.15) is 11.1 Å². The summed E-state index contributed by atoms with van der Waals surface area (Å²) in [4.78, 5) is 0. The molecular weight excluding hydrogens is 269 g/mol. The number of alkyl halides is 3. The summed E-state index contributed by atoms with van der Waals surface area (Å²) in [5.41, 5.74) is 5.23. The number of hydrogen-bond donors (Lipinski definition) is 1. The zero-order valence-electron chi connectivity index (χ0n) is 10.1. The topological polar surface area (TPSA) is 59.0 Å². The molecule has 3 nitrogen and oxygen atoms in total. The third-order valence-corrected chi connectivity index (χ3v) is 2.51. The van der Waals surface area contributed by atoms with Gasteiger partial charge >= 0.3 is 6.18 Å². The zero-order valence-corrected chi connectivity index (χ0v) is 10.1. The van der Waals surface area contributed by atoms with Crippen LogP contribution in [0, 0.1) is 11.3 Å². The maximum atomic E-state index is 12.6. The Labute approximate surface area is 113 Å². The van der Waals surface area contributed by atoms with Gasteiger partial charge in [-0.3, -0.25) is 0 Å². The molecule has 0 atom stereocenters. The van der Waals surface area contributed by atoms with Gasteiger partial charge in [-0.25, -0.2) is 0 Å². The van der Waals surface area contributed by atoms with Gasteiger partial charge in [0.25, 0.3) is 0 Å². The van der Waals surface area contributed by atoms with E-state index in [0.717, 1.165) is 12.1 Å². The van der Waals surface area contributed by atoms with Crippen molar-refractivity contribution >= 4 is 5.69 Å². The molecular formula is C14H9F3N2O. The van der Waals surface area contributed by atoms with Crippen LogP contribution in [0.15, 0.2) is 42.5 Å². The van der Waals surface area contributed by atoms with Crippen molar-refractivity contribution in [3.63, 3.8) is 0 Å². The number of ether oxygens (including phenoxy) is 1. The van der Waals surface area contributed by atoms with Crippen molar-refractivity contribution in [1.82, 2.24) is 0 Å². The highest BCUT2D eigenvalue weighted by Crippen LogP contribution is 2.33. The summed E-state index contributed by atoms with van der Waals surface area (Å²) in [6.07, 6.45) is -4.45. The first-order valence-electron chi connectivity index (χ1n) is 5.55. The largest absolute Gasteiger partial charge is 0.456 e. The lowest BCUT2D eigenvalue weighted by Gasteiger charge is -2.11. The molecule has 0 radical (unpaired) electrons. The van der Waals surface area contributed by atoms with Crippen LogP contribution in [0.4, 0.5) is 18.9 Å². The Hall–Kier alpha value is -2.68. The highest BCUT2D eigenvalue weighted by Gasteiger charge is 2.30. The lowest BCUT2D eigenvalue weighted by molar-refractivity contribution is -0.137. The first-order chi connectivity index (χ1) is 9.40. The van der Waals surface area contributed by atoms with E-state index in [2.05, 4.69) is 0 Å². The Morgan fingerprint density at radius 3 is 2.50 bits per heavy atom. The Morgan fingerprint density at radius 1 is 1.10 bits per heavy atom. The fraction of sp³-hybridized carbons (Fsp3) is 0.0714. The number of hydrogen-bond acceptors (Lipinski definition) is 3. The second-order valence-corrected chi connectivity index (χ2v) is 4.00. The Bertz CT molecular complexity index is 675. The van der Waals surface area contributed by atoms with Gasteiger partial charge in [0, 0.05) is 5.69 Å². The number of nitriles is 1. The first kappa shape index (κ1) is 13.7. The molecule has 0 aliphatic carbocycles. The van der Waals surface area contributed by atoms with Gasteiger partial charge in [-0.05, 0) is 36.4 Å². The number of benzene rings is 2. The summed E-state index contributed by atoms with van der Waals surface area (Å²) in [6.45, 7) is 0. The van der Waals surface area contributed by atoms with Crippen molar-refractivity contribution in [3.05, 3.63) is 53.6 Å². The smallest absolute Gasteiger partial charge is 0.416 e. The molecule has 102 valence electrons. The fourth-order valence-electron chi connectivity index (χ4n) is 1.59. The number of nitrogen functional groups attached to an aromatic ring is 1. The van der Waals surface area contributed by atoms with Crippen LogP contribution in [-0.2, 0) is 6.18 Å². The number of rotatable bonds is 2. The minimum atomic E-state index is -4.45. The molecule has 0 spiro atoms. The minimum Gasteiger partial charge on any atom is -0.456 e. The van der Waals surface area contributed by atoms with Crippen molar-refractivity contribution in [1.29, 1.82) is 5.26 Å². The van der Waals surface area contributed by atoms with E-state index in [1.807, 2.05) is 6.07 Å². The molecule has 2 N–H and O–H groups in total. The normalized spacial score (nSPS) is 10.9. The quantitative estimate of drug-likeness (QED) is 0.846. The monoisotopic (exact) mass is 278 g/mol. The maximum absolute atomic E-state index is 12.6. The molecule has 0 saturated heterocycles. The molecule has 6 heteroatoms. The third-order valence-electron chi connectivity index (χ3n) is 2.51. The molecule has 2 aromatic rings. The van der Waals surface area contributed by atoms with Gasteiger partial charge in [0.05, 0.1) is 11.1 Å². The second-order valence-electron chi connectivity index (χ2n) is 4.00. The summed E-state index contributed by atoms with van der Waals surface area (Å²) in [6, 6.07) is 10.6. The van der Waals surface area contributed by atoms with E-state index in [9.17, 15) is 13.2 Å². The highest BCUT2D eigenvalue weighted by atomic mass is 19.4. The van der Waals surface area contributed by atoms with Crippen LogP contribution in [0.3, 0.4) is 0 Å². The maximum Gasteiger partial charge on any atom is 0.416 e. The van der Waals surface area contributed by atoms with Gasteiger partial charge < -0.3 is 10.5 Å². The number of anilines is 1. The van der Waals surface area contributed by atoms with E-state index in [4.69, 9.17) is 15.7 Å². The molecule has 0 heterocycles. The molecule has 20 heavy (non-hydrogen) atoms. The lowest BCUT2D eigenvalue weighted by atomic mass is 10.2. The Balaban J connectivity index is 2.34. The lowest BCUT2D eigenvalue weighted by Crippen LogP contribution is -2.04. The molecule has 0 fully saturated rings. The molecule has 0 aliphatic rings. The molecule has 0 saturated carbocycles. The summed E-state index contributed by atoms with van der Waals surface area (Å²) in [5, 5.41) is 8.94. The Morgan fingerprint density at radius 2 is 1.85 bits per heavy atom. The number of nitrogens with zero attached hydrogens (tertiary/aromatic N) is 1. The summed E-state index contributed by atoms with van der Waals surface area (Å²) in [5.74, 6) is 0.155. The molecule has 0 aliphatic heterocycles. The van der Waals surface area contributed by atoms with Crippen LogP contribution in [0.5, 0.6) is 11.5 Å². The highest BCUT2D eigenvalue weighted by molar-refractivity contribution is 5.54. The zero-order chi connectivity index (χ0) is 14.8. The number of halogens is 3. The van der Waals surface area contributed by atoms with E-state index in [0.29, 0.717) is 5.69 Å². The van der Waals surface area contributed by atoms with E-state index < -0.39 is 11.7 Å². The first-order valence-corrected chi connectivity index (χ1v) is 5.55. The second kappa shape index (κ2) is 5.13. The molecule has 2 aromatic carbocycles. The van der Waals surface area contributed by atoms with Gasteiger partial charge in [0.2, 0.25) is 0 Å². The SMILES string of the molecule is N#Cc1cc(N)ccc1Oc1cccc(C(F)(F)F)c1. The van der Waals surface area contributed by atoms with E-state index >= 15 is 0 Å². The van der Waals surface area contributed by atoms with Gasteiger partial charge in [0.1, 0.15) is 17.6 Å². The Kier molecular flexibility index (Phi) is 3.53. The predicted molar refractivity (Wildman–Crippen MR) is 67.1 cm³/mol. The van der Waals surface area contributed by atoms with Gasteiger partial charge in [-0.15, -0.1) is 0 Å². The van der Waals surface area contributed by atoms with Gasteiger partial charge in [0.15, 0.2) is 0 Å². The van der Waals surface area contributed by atoms with Crippen molar-refractivity contribution in [2.24, 2.45) is 0 Å². The average Bonchev–Trinajstić information content (AvgIpc) is 2.40.